The van der Waals surface area contributed by atoms with Crippen molar-refractivity contribution in [2.45, 2.75) is 51.7 Å². The first-order valence-electron chi connectivity index (χ1n) is 11.6. The number of piperidine rings is 2. The molecule has 170 valence electrons. The molecule has 6 nitrogen and oxygen atoms in total. The van der Waals surface area contributed by atoms with Crippen molar-refractivity contribution >= 4 is 0 Å². The Morgan fingerprint density at radius 1 is 0.800 bits per heavy atom. The molecule has 2 heterocycles. The lowest BCUT2D eigenvalue weighted by atomic mass is 9.99. The maximum atomic E-state index is 10.3. The quantitative estimate of drug-likeness (QED) is 0.607. The molecule has 1 aromatic carbocycles. The predicted molar refractivity (Wildman–Crippen MR) is 119 cm³/mol. The summed E-state index contributed by atoms with van der Waals surface area (Å²) in [4.78, 5) is 4.63. The van der Waals surface area contributed by atoms with Crippen molar-refractivity contribution in [2.24, 2.45) is 11.8 Å². The molecule has 0 unspecified atom stereocenters. The van der Waals surface area contributed by atoms with Crippen LogP contribution >= 0.6 is 0 Å². The lowest BCUT2D eigenvalue weighted by molar-refractivity contribution is 0.0542. The molecule has 0 bridgehead atoms. The lowest BCUT2D eigenvalue weighted by Crippen LogP contribution is -2.40. The van der Waals surface area contributed by atoms with Crippen LogP contribution in [0, 0.1) is 11.8 Å². The number of hydrogen-bond donors (Lipinski definition) is 2. The van der Waals surface area contributed by atoms with Crippen molar-refractivity contribution in [1.82, 2.24) is 9.80 Å². The number of β-amino-alcohol motifs (C(OH)–C–C–N with tert-alkyl or cyclic N) is 2. The van der Waals surface area contributed by atoms with Gasteiger partial charge >= 0.3 is 0 Å². The van der Waals surface area contributed by atoms with Crippen LogP contribution in [0.25, 0.3) is 0 Å². The van der Waals surface area contributed by atoms with E-state index in [1.165, 1.54) is 25.7 Å². The fourth-order valence-corrected chi connectivity index (χ4v) is 4.23. The summed E-state index contributed by atoms with van der Waals surface area (Å²) in [5, 5.41) is 20.6. The monoisotopic (exact) mass is 420 g/mol. The van der Waals surface area contributed by atoms with Gasteiger partial charge in [0.05, 0.1) is 0 Å². The topological polar surface area (TPSA) is 65.4 Å². The van der Waals surface area contributed by atoms with E-state index in [1.54, 1.807) is 0 Å². The van der Waals surface area contributed by atoms with Gasteiger partial charge in [-0.05, 0) is 75.8 Å². The third kappa shape index (κ3) is 8.06. The second-order valence-electron chi connectivity index (χ2n) is 9.37. The molecule has 30 heavy (non-hydrogen) atoms. The highest BCUT2D eigenvalue weighted by Crippen LogP contribution is 2.21. The molecule has 2 N–H and O–H groups in total. The van der Waals surface area contributed by atoms with Gasteiger partial charge in [-0.15, -0.1) is 0 Å². The molecule has 0 radical (unpaired) electrons. The van der Waals surface area contributed by atoms with Crippen molar-refractivity contribution in [3.05, 3.63) is 24.3 Å². The van der Waals surface area contributed by atoms with E-state index in [0.717, 1.165) is 38.0 Å². The van der Waals surface area contributed by atoms with Crippen LogP contribution in [0.15, 0.2) is 24.3 Å². The molecular formula is C24H40N2O4. The van der Waals surface area contributed by atoms with Crippen LogP contribution in [0.4, 0.5) is 0 Å². The van der Waals surface area contributed by atoms with E-state index < -0.39 is 12.2 Å². The average molecular weight is 421 g/mol. The summed E-state index contributed by atoms with van der Waals surface area (Å²) in [7, 11) is 0. The number of likely N-dealkylation sites (tertiary alicyclic amines) is 2. The van der Waals surface area contributed by atoms with E-state index in [4.69, 9.17) is 9.47 Å². The largest absolute Gasteiger partial charge is 0.491 e. The van der Waals surface area contributed by atoms with Crippen molar-refractivity contribution in [1.29, 1.82) is 0 Å². The van der Waals surface area contributed by atoms with Crippen LogP contribution in [0.1, 0.15) is 39.5 Å². The Hall–Kier alpha value is -1.34. The maximum absolute atomic E-state index is 10.3. The van der Waals surface area contributed by atoms with Crippen LogP contribution in [0.2, 0.25) is 0 Å². The molecular weight excluding hydrogens is 380 g/mol. The van der Waals surface area contributed by atoms with Crippen molar-refractivity contribution in [3.8, 4) is 11.5 Å². The molecule has 0 aliphatic carbocycles. The molecule has 6 heteroatoms. The first-order chi connectivity index (χ1) is 14.5. The second-order valence-corrected chi connectivity index (χ2v) is 9.37. The third-order valence-corrected chi connectivity index (χ3v) is 6.38. The van der Waals surface area contributed by atoms with Gasteiger partial charge in [0.15, 0.2) is 0 Å². The molecule has 2 fully saturated rings. The third-order valence-electron chi connectivity index (χ3n) is 6.38. The van der Waals surface area contributed by atoms with Crippen LogP contribution in [-0.2, 0) is 0 Å². The highest BCUT2D eigenvalue weighted by Gasteiger charge is 2.20. The minimum absolute atomic E-state index is 0.269. The predicted octanol–water partition coefficient (Wildman–Crippen LogP) is 2.63. The molecule has 0 amide bonds. The summed E-state index contributed by atoms with van der Waals surface area (Å²) in [6.45, 7) is 10.7. The minimum Gasteiger partial charge on any atom is -0.491 e. The van der Waals surface area contributed by atoms with E-state index in [-0.39, 0.29) is 13.2 Å². The van der Waals surface area contributed by atoms with Crippen LogP contribution < -0.4 is 9.47 Å². The molecule has 0 spiro atoms. The fraction of sp³-hybridized carbons (Fsp3) is 0.750. The summed E-state index contributed by atoms with van der Waals surface area (Å²) in [6, 6.07) is 7.44. The Bertz CT molecular complexity index is 564. The van der Waals surface area contributed by atoms with E-state index in [9.17, 15) is 10.2 Å². The van der Waals surface area contributed by atoms with E-state index in [0.29, 0.717) is 24.6 Å². The molecule has 2 aliphatic rings. The van der Waals surface area contributed by atoms with E-state index >= 15 is 0 Å². The Kier molecular flexibility index (Phi) is 9.25. The smallest absolute Gasteiger partial charge is 0.123 e. The summed E-state index contributed by atoms with van der Waals surface area (Å²) in [5.74, 6) is 2.94. The van der Waals surface area contributed by atoms with Gasteiger partial charge in [0.1, 0.15) is 36.9 Å². The summed E-state index contributed by atoms with van der Waals surface area (Å²) >= 11 is 0. The van der Waals surface area contributed by atoms with Gasteiger partial charge in [-0.25, -0.2) is 0 Å². The van der Waals surface area contributed by atoms with Gasteiger partial charge in [0, 0.05) is 19.2 Å². The van der Waals surface area contributed by atoms with E-state index in [2.05, 4.69) is 23.6 Å². The first kappa shape index (κ1) is 23.3. The zero-order chi connectivity index (χ0) is 21.3. The second kappa shape index (κ2) is 11.9. The number of aliphatic hydroxyl groups excluding tert-OH is 2. The SMILES string of the molecule is CC1CCN(C[C@H](O)COc2cccc(OC[C@H](O)CN3CCC(C)CC3)c2)CC1. The normalized spacial score (nSPS) is 22.0. The van der Waals surface area contributed by atoms with Crippen molar-refractivity contribution < 1.29 is 19.7 Å². The fourth-order valence-electron chi connectivity index (χ4n) is 4.23. The Labute approximate surface area is 181 Å². The van der Waals surface area contributed by atoms with Crippen LogP contribution in [0.5, 0.6) is 11.5 Å². The molecule has 1 aromatic rings. The summed E-state index contributed by atoms with van der Waals surface area (Å²) in [5.41, 5.74) is 0. The summed E-state index contributed by atoms with van der Waals surface area (Å²) < 4.78 is 11.6. The zero-order valence-corrected chi connectivity index (χ0v) is 18.7. The van der Waals surface area contributed by atoms with Crippen molar-refractivity contribution in [3.63, 3.8) is 0 Å². The van der Waals surface area contributed by atoms with Gasteiger partial charge in [-0.3, -0.25) is 0 Å². The van der Waals surface area contributed by atoms with Gasteiger partial charge in [0.2, 0.25) is 0 Å². The molecule has 3 rings (SSSR count). The Morgan fingerprint density at radius 2 is 1.20 bits per heavy atom. The average Bonchev–Trinajstić information content (AvgIpc) is 2.74. The minimum atomic E-state index is -0.503. The number of ether oxygens (including phenoxy) is 2. The standard InChI is InChI=1S/C24H40N2O4/c1-19-6-10-25(11-7-19)15-21(27)17-29-23-4-3-5-24(14-23)30-18-22(28)16-26-12-8-20(2)9-13-26/h3-5,14,19-22,27-28H,6-13,15-18H2,1-2H3/t21-,22+. The molecule has 2 saturated heterocycles. The highest BCUT2D eigenvalue weighted by molar-refractivity contribution is 5.33. The molecule has 2 atom stereocenters. The molecule has 2 aliphatic heterocycles. The molecule has 0 saturated carbocycles. The van der Waals surface area contributed by atoms with Crippen LogP contribution in [0.3, 0.4) is 0 Å². The lowest BCUT2D eigenvalue weighted by Gasteiger charge is -2.31. The maximum Gasteiger partial charge on any atom is 0.123 e. The number of hydrogen-bond acceptors (Lipinski definition) is 6. The first-order valence-corrected chi connectivity index (χ1v) is 11.6. The molecule has 0 aromatic heterocycles. The summed E-state index contributed by atoms with van der Waals surface area (Å²) in [6.07, 6.45) is 3.81. The van der Waals surface area contributed by atoms with E-state index in [1.807, 2.05) is 24.3 Å². The van der Waals surface area contributed by atoms with Gasteiger partial charge < -0.3 is 29.5 Å². The van der Waals surface area contributed by atoms with Crippen LogP contribution in [-0.4, -0.2) is 84.7 Å². The number of benzene rings is 1. The van der Waals surface area contributed by atoms with Gasteiger partial charge in [-0.2, -0.15) is 0 Å². The van der Waals surface area contributed by atoms with Gasteiger partial charge in [-0.1, -0.05) is 19.9 Å². The highest BCUT2D eigenvalue weighted by atomic mass is 16.5. The van der Waals surface area contributed by atoms with Gasteiger partial charge in [0.25, 0.3) is 0 Å². The Balaban J connectivity index is 1.35. The number of aliphatic hydroxyl groups is 2. The number of nitrogens with zero attached hydrogens (tertiary/aromatic N) is 2. The number of rotatable bonds is 10. The zero-order valence-electron chi connectivity index (χ0n) is 18.7. The Morgan fingerprint density at radius 3 is 1.60 bits per heavy atom. The van der Waals surface area contributed by atoms with Crippen molar-refractivity contribution in [2.75, 3.05) is 52.5 Å².